The van der Waals surface area contributed by atoms with Gasteiger partial charge in [0.1, 0.15) is 5.82 Å². The number of allylic oxidation sites excluding steroid dienone is 3. The van der Waals surface area contributed by atoms with E-state index >= 15 is 4.39 Å². The highest BCUT2D eigenvalue weighted by molar-refractivity contribution is 5.74. The second-order valence-corrected chi connectivity index (χ2v) is 12.5. The van der Waals surface area contributed by atoms with Crippen LogP contribution in [0.25, 0.3) is 27.8 Å². The lowest BCUT2D eigenvalue weighted by atomic mass is 9.70. The fraction of sp³-hybridized carbons (Fsp3) is 0.436. The first-order chi connectivity index (χ1) is 20.5. The third-order valence-corrected chi connectivity index (χ3v) is 9.85. The Morgan fingerprint density at radius 3 is 2.10 bits per heavy atom. The summed E-state index contributed by atoms with van der Waals surface area (Å²) in [6, 6.07) is 15.8. The molecule has 1 fully saturated rings. The zero-order valence-corrected chi connectivity index (χ0v) is 25.1. The molecule has 1 atom stereocenters. The highest BCUT2D eigenvalue weighted by Crippen LogP contribution is 2.42. The van der Waals surface area contributed by atoms with Gasteiger partial charge in [-0.3, -0.25) is 0 Å². The van der Waals surface area contributed by atoms with Crippen molar-refractivity contribution in [3.8, 4) is 22.3 Å². The topological polar surface area (TPSA) is 0 Å². The number of hydrogen-bond acceptors (Lipinski definition) is 0. The minimum atomic E-state index is -0.849. The summed E-state index contributed by atoms with van der Waals surface area (Å²) >= 11 is 0. The van der Waals surface area contributed by atoms with E-state index in [4.69, 9.17) is 0 Å². The first-order valence-electron chi connectivity index (χ1n) is 16.2. The Morgan fingerprint density at radius 2 is 1.45 bits per heavy atom. The largest absolute Gasteiger partial charge is 0.206 e. The van der Waals surface area contributed by atoms with Crippen molar-refractivity contribution in [2.24, 2.45) is 17.8 Å². The average molecular weight is 571 g/mol. The minimum absolute atomic E-state index is 0.208. The molecule has 0 saturated heterocycles. The molecule has 0 amide bonds. The predicted molar refractivity (Wildman–Crippen MR) is 171 cm³/mol. The van der Waals surface area contributed by atoms with Crippen LogP contribution in [0.1, 0.15) is 95.1 Å². The Morgan fingerprint density at radius 1 is 0.762 bits per heavy atom. The minimum Gasteiger partial charge on any atom is -0.206 e. The van der Waals surface area contributed by atoms with Gasteiger partial charge in [0.2, 0.25) is 0 Å². The Labute approximate surface area is 250 Å². The summed E-state index contributed by atoms with van der Waals surface area (Å²) in [4.78, 5) is 0. The van der Waals surface area contributed by atoms with Crippen molar-refractivity contribution < 1.29 is 13.2 Å². The smallest absolute Gasteiger partial charge is 0.166 e. The van der Waals surface area contributed by atoms with Gasteiger partial charge in [-0.25, -0.2) is 13.2 Å². The van der Waals surface area contributed by atoms with E-state index in [1.165, 1.54) is 63.4 Å². The van der Waals surface area contributed by atoms with Crippen molar-refractivity contribution >= 4 is 5.57 Å². The molecule has 0 spiro atoms. The SMILES string of the molecule is C=CCCc1ccc(-c2ccc(-c3ccc(C4=CCC(C5CCC(CCCCC)CC5)CC4)cc3F)cc2)c(F)c1F. The van der Waals surface area contributed by atoms with Crippen LogP contribution in [0.5, 0.6) is 0 Å². The first-order valence-corrected chi connectivity index (χ1v) is 16.2. The van der Waals surface area contributed by atoms with Gasteiger partial charge in [-0.15, -0.1) is 6.58 Å². The summed E-state index contributed by atoms with van der Waals surface area (Å²) in [6.07, 6.45) is 19.5. The predicted octanol–water partition coefficient (Wildman–Crippen LogP) is 12.1. The summed E-state index contributed by atoms with van der Waals surface area (Å²) in [6.45, 7) is 5.93. The molecule has 1 unspecified atom stereocenters. The lowest BCUT2D eigenvalue weighted by Crippen LogP contribution is -2.23. The summed E-state index contributed by atoms with van der Waals surface area (Å²) in [5.74, 6) is 0.658. The van der Waals surface area contributed by atoms with Crippen molar-refractivity contribution in [1.29, 1.82) is 0 Å². The van der Waals surface area contributed by atoms with E-state index < -0.39 is 11.6 Å². The molecule has 0 radical (unpaired) electrons. The molecular weight excluding hydrogens is 525 g/mol. The Hall–Kier alpha value is -3.07. The van der Waals surface area contributed by atoms with E-state index in [0.717, 1.165) is 36.2 Å². The van der Waals surface area contributed by atoms with Crippen LogP contribution in [0.3, 0.4) is 0 Å². The summed E-state index contributed by atoms with van der Waals surface area (Å²) in [7, 11) is 0. The van der Waals surface area contributed by atoms with Gasteiger partial charge in [0.05, 0.1) is 0 Å². The molecule has 0 bridgehead atoms. The van der Waals surface area contributed by atoms with Crippen LogP contribution in [0.2, 0.25) is 0 Å². The number of hydrogen-bond donors (Lipinski definition) is 0. The van der Waals surface area contributed by atoms with Crippen LogP contribution in [-0.4, -0.2) is 0 Å². The molecule has 3 heteroatoms. The van der Waals surface area contributed by atoms with Crippen molar-refractivity contribution in [3.63, 3.8) is 0 Å². The van der Waals surface area contributed by atoms with E-state index in [1.54, 1.807) is 48.5 Å². The zero-order chi connectivity index (χ0) is 29.5. The number of aryl methyl sites for hydroxylation is 1. The Balaban J connectivity index is 1.21. The molecule has 3 aromatic rings. The third-order valence-electron chi connectivity index (χ3n) is 9.85. The van der Waals surface area contributed by atoms with Crippen LogP contribution in [0, 0.1) is 35.2 Å². The molecule has 222 valence electrons. The summed E-state index contributed by atoms with van der Waals surface area (Å²) < 4.78 is 44.7. The lowest BCUT2D eigenvalue weighted by Gasteiger charge is -2.35. The van der Waals surface area contributed by atoms with Gasteiger partial charge < -0.3 is 0 Å². The molecular formula is C39H45F3. The number of halogens is 3. The number of rotatable bonds is 11. The van der Waals surface area contributed by atoms with Crippen LogP contribution in [0.15, 0.2) is 73.3 Å². The Kier molecular flexibility index (Phi) is 10.4. The van der Waals surface area contributed by atoms with E-state index in [0.29, 0.717) is 35.1 Å². The summed E-state index contributed by atoms with van der Waals surface area (Å²) in [5, 5.41) is 0. The van der Waals surface area contributed by atoms with E-state index in [2.05, 4.69) is 19.6 Å². The van der Waals surface area contributed by atoms with Gasteiger partial charge in [-0.05, 0) is 96.6 Å². The second kappa shape index (κ2) is 14.4. The zero-order valence-electron chi connectivity index (χ0n) is 25.1. The monoisotopic (exact) mass is 570 g/mol. The molecule has 2 aliphatic rings. The van der Waals surface area contributed by atoms with Gasteiger partial charge >= 0.3 is 0 Å². The van der Waals surface area contributed by atoms with Crippen LogP contribution >= 0.6 is 0 Å². The number of benzene rings is 3. The quantitative estimate of drug-likeness (QED) is 0.159. The summed E-state index contributed by atoms with van der Waals surface area (Å²) in [5.41, 5.74) is 4.58. The molecule has 0 aliphatic heterocycles. The van der Waals surface area contributed by atoms with Crippen LogP contribution in [0.4, 0.5) is 13.2 Å². The highest BCUT2D eigenvalue weighted by Gasteiger charge is 2.28. The molecule has 5 rings (SSSR count). The van der Waals surface area contributed by atoms with E-state index in [1.807, 2.05) is 12.1 Å². The maximum absolute atomic E-state index is 15.3. The van der Waals surface area contributed by atoms with Gasteiger partial charge in [-0.2, -0.15) is 0 Å². The van der Waals surface area contributed by atoms with E-state index in [-0.39, 0.29) is 11.4 Å². The highest BCUT2D eigenvalue weighted by atomic mass is 19.2. The maximum Gasteiger partial charge on any atom is 0.166 e. The fourth-order valence-corrected chi connectivity index (χ4v) is 7.22. The van der Waals surface area contributed by atoms with Gasteiger partial charge in [0.15, 0.2) is 11.6 Å². The number of unbranched alkanes of at least 4 members (excludes halogenated alkanes) is 2. The normalized spacial score (nSPS) is 20.8. The second-order valence-electron chi connectivity index (χ2n) is 12.5. The first kappa shape index (κ1) is 30.4. The van der Waals surface area contributed by atoms with Gasteiger partial charge in [-0.1, -0.05) is 106 Å². The van der Waals surface area contributed by atoms with Gasteiger partial charge in [0.25, 0.3) is 0 Å². The standard InChI is InChI=1S/C39H45F3/c1-3-5-7-8-27-10-12-28(13-11-27)29-14-16-30(17-15-29)34-23-24-35(37(40)26-34)31-18-20-32(21-19-31)36-25-22-33(9-6-4-2)38(41)39(36)42/h4,16,18-29H,2-3,5-15,17H2,1H3. The van der Waals surface area contributed by atoms with E-state index in [9.17, 15) is 8.78 Å². The molecule has 0 aromatic heterocycles. The molecule has 2 aliphatic carbocycles. The van der Waals surface area contributed by atoms with Gasteiger partial charge in [0, 0.05) is 11.1 Å². The van der Waals surface area contributed by atoms with Crippen molar-refractivity contribution in [1.82, 2.24) is 0 Å². The Bertz CT molecular complexity index is 1380. The average Bonchev–Trinajstić information content (AvgIpc) is 3.02. The third kappa shape index (κ3) is 7.10. The molecule has 3 aromatic carbocycles. The lowest BCUT2D eigenvalue weighted by molar-refractivity contribution is 0.187. The van der Waals surface area contributed by atoms with Crippen molar-refractivity contribution in [2.45, 2.75) is 90.4 Å². The molecule has 42 heavy (non-hydrogen) atoms. The maximum atomic E-state index is 15.3. The molecule has 0 N–H and O–H groups in total. The molecule has 0 nitrogen and oxygen atoms in total. The molecule has 1 saturated carbocycles. The van der Waals surface area contributed by atoms with Crippen LogP contribution < -0.4 is 0 Å². The van der Waals surface area contributed by atoms with Crippen molar-refractivity contribution in [2.75, 3.05) is 0 Å². The van der Waals surface area contributed by atoms with Crippen molar-refractivity contribution in [3.05, 3.63) is 102 Å². The molecule has 0 heterocycles. The van der Waals surface area contributed by atoms with Crippen LogP contribution in [-0.2, 0) is 6.42 Å². The fourth-order valence-electron chi connectivity index (χ4n) is 7.22.